The van der Waals surface area contributed by atoms with Crippen molar-refractivity contribution in [2.75, 3.05) is 6.61 Å². The molecule has 3 nitrogen and oxygen atoms in total. The Kier molecular flexibility index (Phi) is 5.67. The van der Waals surface area contributed by atoms with Crippen LogP contribution in [0.1, 0.15) is 57.1 Å². The maximum Gasteiger partial charge on any atom is 0.131 e. The summed E-state index contributed by atoms with van der Waals surface area (Å²) in [6.07, 6.45) is 6.01. The minimum absolute atomic E-state index is 0.370. The molecule has 118 valence electrons. The number of nitrogens with two attached hydrogens (primary N) is 1. The summed E-state index contributed by atoms with van der Waals surface area (Å²) < 4.78 is 33.3. The van der Waals surface area contributed by atoms with Gasteiger partial charge in [0.05, 0.1) is 11.6 Å². The smallest absolute Gasteiger partial charge is 0.131 e. The molecule has 3 N–H and O–H groups in total. The maximum absolute atomic E-state index is 14.2. The molecule has 1 atom stereocenters. The number of hydrazine groups is 1. The van der Waals surface area contributed by atoms with E-state index in [1.165, 1.54) is 12.1 Å². The van der Waals surface area contributed by atoms with Crippen molar-refractivity contribution >= 4 is 0 Å². The van der Waals surface area contributed by atoms with Gasteiger partial charge in [-0.2, -0.15) is 0 Å². The van der Waals surface area contributed by atoms with Gasteiger partial charge in [0, 0.05) is 18.2 Å². The fraction of sp³-hybridized carbons (Fsp3) is 0.625. The van der Waals surface area contributed by atoms with E-state index in [9.17, 15) is 8.78 Å². The molecule has 0 amide bonds. The van der Waals surface area contributed by atoms with Crippen LogP contribution in [-0.2, 0) is 4.74 Å². The first-order valence-electron chi connectivity index (χ1n) is 7.68. The van der Waals surface area contributed by atoms with Gasteiger partial charge in [0.25, 0.3) is 0 Å². The second-order valence-corrected chi connectivity index (χ2v) is 5.68. The zero-order valence-electron chi connectivity index (χ0n) is 12.5. The molecule has 0 spiro atoms. The first-order chi connectivity index (χ1) is 10.1. The minimum atomic E-state index is -0.585. The molecule has 21 heavy (non-hydrogen) atoms. The van der Waals surface area contributed by atoms with Crippen LogP contribution in [0.5, 0.6) is 0 Å². The number of nitrogens with one attached hydrogen (secondary N) is 1. The second kappa shape index (κ2) is 7.29. The van der Waals surface area contributed by atoms with Gasteiger partial charge >= 0.3 is 0 Å². The molecule has 0 aliphatic heterocycles. The highest BCUT2D eigenvalue weighted by Gasteiger charge is 2.41. The summed E-state index contributed by atoms with van der Waals surface area (Å²) in [6.45, 7) is 2.47. The van der Waals surface area contributed by atoms with E-state index in [1.54, 1.807) is 0 Å². The van der Waals surface area contributed by atoms with Crippen molar-refractivity contribution in [2.45, 2.75) is 57.1 Å². The summed E-state index contributed by atoms with van der Waals surface area (Å²) in [5.41, 5.74) is 2.55. The zero-order valence-corrected chi connectivity index (χ0v) is 12.5. The van der Waals surface area contributed by atoms with Gasteiger partial charge in [-0.15, -0.1) is 0 Å². The molecule has 1 aromatic rings. The van der Waals surface area contributed by atoms with E-state index in [2.05, 4.69) is 5.43 Å². The Balaban J connectivity index is 2.38. The van der Waals surface area contributed by atoms with E-state index in [-0.39, 0.29) is 0 Å². The molecular formula is C16H24F2N2O. The first kappa shape index (κ1) is 16.3. The highest BCUT2D eigenvalue weighted by Crippen LogP contribution is 2.41. The van der Waals surface area contributed by atoms with Crippen molar-refractivity contribution < 1.29 is 13.5 Å². The lowest BCUT2D eigenvalue weighted by Crippen LogP contribution is -2.48. The summed E-state index contributed by atoms with van der Waals surface area (Å²) in [5.74, 6) is 4.55. The molecule has 0 saturated heterocycles. The lowest BCUT2D eigenvalue weighted by atomic mass is 9.82. The zero-order chi connectivity index (χ0) is 15.3. The van der Waals surface area contributed by atoms with Crippen molar-refractivity contribution in [3.8, 4) is 0 Å². The van der Waals surface area contributed by atoms with Gasteiger partial charge in [-0.25, -0.2) is 14.2 Å². The van der Waals surface area contributed by atoms with E-state index in [4.69, 9.17) is 10.6 Å². The average molecular weight is 298 g/mol. The Morgan fingerprint density at radius 3 is 2.43 bits per heavy atom. The summed E-state index contributed by atoms with van der Waals surface area (Å²) in [5, 5.41) is 0. The van der Waals surface area contributed by atoms with E-state index in [0.29, 0.717) is 12.2 Å². The third-order valence-corrected chi connectivity index (χ3v) is 4.35. The summed E-state index contributed by atoms with van der Waals surface area (Å²) >= 11 is 0. The quantitative estimate of drug-likeness (QED) is 0.496. The highest BCUT2D eigenvalue weighted by molar-refractivity contribution is 5.25. The molecule has 0 bridgehead atoms. The van der Waals surface area contributed by atoms with Crippen LogP contribution in [0.15, 0.2) is 18.2 Å². The Morgan fingerprint density at radius 2 is 1.90 bits per heavy atom. The lowest BCUT2D eigenvalue weighted by molar-refractivity contribution is -0.0789. The number of halogens is 2. The van der Waals surface area contributed by atoms with Gasteiger partial charge in [0.2, 0.25) is 0 Å². The van der Waals surface area contributed by atoms with Gasteiger partial charge in [-0.1, -0.05) is 31.7 Å². The third kappa shape index (κ3) is 3.59. The molecule has 1 aliphatic rings. The molecule has 0 heterocycles. The average Bonchev–Trinajstić information content (AvgIpc) is 2.69. The monoisotopic (exact) mass is 298 g/mol. The Labute approximate surface area is 124 Å². The second-order valence-electron chi connectivity index (χ2n) is 5.68. The molecule has 0 radical (unpaired) electrons. The highest BCUT2D eigenvalue weighted by atomic mass is 19.1. The number of benzene rings is 1. The number of hydrogen-bond acceptors (Lipinski definition) is 3. The van der Waals surface area contributed by atoms with Gasteiger partial charge in [0.1, 0.15) is 11.6 Å². The number of ether oxygens (including phenoxy) is 1. The van der Waals surface area contributed by atoms with Crippen LogP contribution >= 0.6 is 0 Å². The van der Waals surface area contributed by atoms with Crippen LogP contribution in [0.3, 0.4) is 0 Å². The topological polar surface area (TPSA) is 47.3 Å². The molecule has 5 heteroatoms. The summed E-state index contributed by atoms with van der Waals surface area (Å²) in [7, 11) is 0. The van der Waals surface area contributed by atoms with E-state index in [0.717, 1.165) is 44.6 Å². The van der Waals surface area contributed by atoms with Crippen molar-refractivity contribution in [2.24, 2.45) is 5.84 Å². The largest absolute Gasteiger partial charge is 0.373 e. The van der Waals surface area contributed by atoms with Gasteiger partial charge < -0.3 is 4.74 Å². The summed E-state index contributed by atoms with van der Waals surface area (Å²) in [6, 6.07) is 3.15. The molecule has 0 aromatic heterocycles. The predicted octanol–water partition coefficient (Wildman–Crippen LogP) is 3.60. The molecule has 1 aromatic carbocycles. The number of hydrogen-bond donors (Lipinski definition) is 2. The van der Waals surface area contributed by atoms with Crippen molar-refractivity contribution in [1.29, 1.82) is 0 Å². The lowest BCUT2D eigenvalue weighted by Gasteiger charge is -2.40. The van der Waals surface area contributed by atoms with Crippen LogP contribution in [0, 0.1) is 11.6 Å². The number of rotatable bonds is 5. The normalized spacial score (nSPS) is 20.0. The van der Waals surface area contributed by atoms with Crippen LogP contribution in [0.25, 0.3) is 0 Å². The fourth-order valence-electron chi connectivity index (χ4n) is 3.39. The van der Waals surface area contributed by atoms with E-state index in [1.807, 2.05) is 6.92 Å². The Hall–Kier alpha value is -1.04. The fourth-order valence-corrected chi connectivity index (χ4v) is 3.39. The van der Waals surface area contributed by atoms with Crippen molar-refractivity contribution in [3.63, 3.8) is 0 Å². The molecule has 2 rings (SSSR count). The Morgan fingerprint density at radius 1 is 1.24 bits per heavy atom. The van der Waals surface area contributed by atoms with Gasteiger partial charge in [-0.3, -0.25) is 5.84 Å². The van der Waals surface area contributed by atoms with Crippen LogP contribution in [-0.4, -0.2) is 12.2 Å². The van der Waals surface area contributed by atoms with E-state index >= 15 is 0 Å². The molecule has 1 saturated carbocycles. The van der Waals surface area contributed by atoms with Crippen LogP contribution in [0.4, 0.5) is 8.78 Å². The Bertz CT molecular complexity index is 460. The molecule has 1 aliphatic carbocycles. The minimum Gasteiger partial charge on any atom is -0.373 e. The molecule has 1 unspecified atom stereocenters. The van der Waals surface area contributed by atoms with Crippen molar-refractivity contribution in [3.05, 3.63) is 35.4 Å². The third-order valence-electron chi connectivity index (χ3n) is 4.35. The van der Waals surface area contributed by atoms with Crippen molar-refractivity contribution in [1.82, 2.24) is 5.43 Å². The molecular weight excluding hydrogens is 274 g/mol. The SMILES string of the molecule is CCOC1(C(NN)c2ccc(F)cc2F)CCCCCC1. The standard InChI is InChI=1S/C16H24F2N2O/c1-2-21-16(9-5-3-4-6-10-16)15(20-19)13-8-7-12(17)11-14(13)18/h7-8,11,15,20H,2-6,9-10,19H2,1H3. The first-order valence-corrected chi connectivity index (χ1v) is 7.68. The van der Waals surface area contributed by atoms with Crippen LogP contribution in [0.2, 0.25) is 0 Å². The van der Waals surface area contributed by atoms with Crippen LogP contribution < -0.4 is 11.3 Å². The van der Waals surface area contributed by atoms with Gasteiger partial charge in [-0.05, 0) is 25.8 Å². The van der Waals surface area contributed by atoms with E-state index < -0.39 is 23.3 Å². The molecule has 1 fully saturated rings. The maximum atomic E-state index is 14.2. The van der Waals surface area contributed by atoms with Gasteiger partial charge in [0.15, 0.2) is 0 Å². The summed E-state index contributed by atoms with van der Waals surface area (Å²) in [4.78, 5) is 0. The predicted molar refractivity (Wildman–Crippen MR) is 78.5 cm³/mol.